The first kappa shape index (κ1) is 9.61. The van der Waals surface area contributed by atoms with Gasteiger partial charge in [-0.25, -0.2) is 4.79 Å². The van der Waals surface area contributed by atoms with Crippen LogP contribution in [-0.4, -0.2) is 22.8 Å². The lowest BCUT2D eigenvalue weighted by Crippen LogP contribution is -2.12. The van der Waals surface area contributed by atoms with E-state index in [0.717, 1.165) is 0 Å². The van der Waals surface area contributed by atoms with Crippen LogP contribution in [0.5, 0.6) is 0 Å². The van der Waals surface area contributed by atoms with Gasteiger partial charge in [0.15, 0.2) is 0 Å². The van der Waals surface area contributed by atoms with Crippen molar-refractivity contribution in [2.45, 2.75) is 19.3 Å². The van der Waals surface area contributed by atoms with Gasteiger partial charge in [-0.3, -0.25) is 15.3 Å². The van der Waals surface area contributed by atoms with Gasteiger partial charge < -0.3 is 5.11 Å². The molecule has 0 aromatic rings. The number of Topliss-reactive ketones (excluding diaryl/α,β-unsaturated/α-hetero) is 1. The molecule has 0 aliphatic carbocycles. The van der Waals surface area contributed by atoms with E-state index in [4.69, 9.17) is 10.8 Å². The molecule has 2 N–H and O–H groups in total. The standard InChI is InChI=1S/C6H8NO4/c7-5(9)3-1-2-4(8)6(10)11/h7H,1-3H2,(H,10,11). The highest BCUT2D eigenvalue weighted by Gasteiger charge is 2.10. The van der Waals surface area contributed by atoms with Gasteiger partial charge in [-0.05, 0) is 6.42 Å². The quantitative estimate of drug-likeness (QED) is 0.551. The monoisotopic (exact) mass is 158 g/mol. The lowest BCUT2D eigenvalue weighted by molar-refractivity contribution is -0.149. The number of carboxylic acid groups (broad SMARTS) is 1. The second-order valence-electron chi connectivity index (χ2n) is 2.01. The van der Waals surface area contributed by atoms with Gasteiger partial charge in [-0.15, -0.1) is 0 Å². The average Bonchev–Trinajstić information content (AvgIpc) is 1.86. The fourth-order valence-electron chi connectivity index (χ4n) is 0.516. The Morgan fingerprint density at radius 2 is 1.73 bits per heavy atom. The minimum absolute atomic E-state index is 0.0565. The smallest absolute Gasteiger partial charge is 0.372 e. The molecule has 5 nitrogen and oxygen atoms in total. The van der Waals surface area contributed by atoms with Gasteiger partial charge in [0.25, 0.3) is 0 Å². The molecule has 0 fully saturated rings. The van der Waals surface area contributed by atoms with Crippen molar-refractivity contribution in [3.8, 4) is 0 Å². The van der Waals surface area contributed by atoms with E-state index in [1.807, 2.05) is 0 Å². The van der Waals surface area contributed by atoms with Crippen LogP contribution in [0.2, 0.25) is 0 Å². The summed E-state index contributed by atoms with van der Waals surface area (Å²) in [5, 5.41) is 8.07. The predicted molar refractivity (Wildman–Crippen MR) is 34.6 cm³/mol. The maximum atomic E-state index is 10.4. The molecule has 0 atom stereocenters. The van der Waals surface area contributed by atoms with E-state index in [2.05, 4.69) is 0 Å². The lowest BCUT2D eigenvalue weighted by atomic mass is 10.2. The SMILES string of the molecule is [NH]C(=O)CCCC(=O)C(=O)O. The molecule has 5 heteroatoms. The Kier molecular flexibility index (Phi) is 3.87. The number of hydrogen-bond donors (Lipinski definition) is 1. The molecule has 61 valence electrons. The molecule has 0 aliphatic rings. The zero-order valence-corrected chi connectivity index (χ0v) is 5.79. The van der Waals surface area contributed by atoms with Crippen molar-refractivity contribution in [1.29, 1.82) is 0 Å². The molecular formula is C6H8NO4. The van der Waals surface area contributed by atoms with Gasteiger partial charge in [0.1, 0.15) is 0 Å². The van der Waals surface area contributed by atoms with Crippen LogP contribution >= 0.6 is 0 Å². The zero-order valence-electron chi connectivity index (χ0n) is 5.79. The molecule has 0 unspecified atom stereocenters. The van der Waals surface area contributed by atoms with E-state index in [9.17, 15) is 14.4 Å². The summed E-state index contributed by atoms with van der Waals surface area (Å²) in [7, 11) is 0. The highest BCUT2D eigenvalue weighted by atomic mass is 16.4. The minimum atomic E-state index is -1.48. The molecule has 1 amide bonds. The van der Waals surface area contributed by atoms with Crippen LogP contribution in [0.4, 0.5) is 0 Å². The maximum Gasteiger partial charge on any atom is 0.372 e. The van der Waals surface area contributed by atoms with Crippen molar-refractivity contribution in [3.63, 3.8) is 0 Å². The van der Waals surface area contributed by atoms with Gasteiger partial charge in [-0.2, -0.15) is 0 Å². The lowest BCUT2D eigenvalue weighted by Gasteiger charge is -1.91. The molecule has 11 heavy (non-hydrogen) atoms. The minimum Gasteiger partial charge on any atom is -0.476 e. The zero-order chi connectivity index (χ0) is 8.85. The number of carboxylic acids is 1. The number of hydrogen-bond acceptors (Lipinski definition) is 3. The normalized spacial score (nSPS) is 9.09. The summed E-state index contributed by atoms with van der Waals surface area (Å²) >= 11 is 0. The fraction of sp³-hybridized carbons (Fsp3) is 0.500. The number of rotatable bonds is 5. The van der Waals surface area contributed by atoms with Crippen molar-refractivity contribution in [1.82, 2.24) is 5.73 Å². The number of aliphatic carboxylic acids is 1. The molecular weight excluding hydrogens is 150 g/mol. The molecule has 0 spiro atoms. The summed E-state index contributed by atoms with van der Waals surface area (Å²) < 4.78 is 0. The molecule has 0 aliphatic heterocycles. The van der Waals surface area contributed by atoms with E-state index >= 15 is 0 Å². The van der Waals surface area contributed by atoms with Crippen LogP contribution in [0.1, 0.15) is 19.3 Å². The Morgan fingerprint density at radius 1 is 1.18 bits per heavy atom. The highest BCUT2D eigenvalue weighted by molar-refractivity contribution is 6.32. The summed E-state index contributed by atoms with van der Waals surface area (Å²) in [6, 6.07) is 0. The topological polar surface area (TPSA) is 95.2 Å². The van der Waals surface area contributed by atoms with Crippen LogP contribution in [-0.2, 0) is 14.4 Å². The van der Waals surface area contributed by atoms with Gasteiger partial charge in [-0.1, -0.05) is 0 Å². The Balaban J connectivity index is 3.47. The van der Waals surface area contributed by atoms with E-state index < -0.39 is 17.7 Å². The van der Waals surface area contributed by atoms with Crippen LogP contribution in [0, 0.1) is 0 Å². The summed E-state index contributed by atoms with van der Waals surface area (Å²) in [4.78, 5) is 30.2. The molecule has 1 radical (unpaired) electrons. The number of ketones is 1. The van der Waals surface area contributed by atoms with Crippen molar-refractivity contribution in [2.24, 2.45) is 0 Å². The van der Waals surface area contributed by atoms with Crippen molar-refractivity contribution in [3.05, 3.63) is 0 Å². The molecule has 0 saturated carbocycles. The third-order valence-electron chi connectivity index (χ3n) is 1.05. The van der Waals surface area contributed by atoms with Crippen LogP contribution < -0.4 is 5.73 Å². The Labute approximate surface area is 63.2 Å². The Morgan fingerprint density at radius 3 is 2.09 bits per heavy atom. The molecule has 0 bridgehead atoms. The first-order chi connectivity index (χ1) is 5.04. The van der Waals surface area contributed by atoms with Gasteiger partial charge >= 0.3 is 5.97 Å². The number of carbonyl (C=O) groups is 3. The van der Waals surface area contributed by atoms with Crippen LogP contribution in [0.15, 0.2) is 0 Å². The summed E-state index contributed by atoms with van der Waals surface area (Å²) in [6.07, 6.45) is -0.0769. The molecule has 0 saturated heterocycles. The third-order valence-corrected chi connectivity index (χ3v) is 1.05. The predicted octanol–water partition coefficient (Wildman–Crippen LogP) is -0.380. The van der Waals surface area contributed by atoms with Gasteiger partial charge in [0.2, 0.25) is 11.7 Å². The van der Waals surface area contributed by atoms with E-state index in [1.54, 1.807) is 0 Å². The van der Waals surface area contributed by atoms with E-state index in [-0.39, 0.29) is 19.3 Å². The van der Waals surface area contributed by atoms with E-state index in [0.29, 0.717) is 0 Å². The summed E-state index contributed by atoms with van der Waals surface area (Å²) in [6.45, 7) is 0. The first-order valence-electron chi connectivity index (χ1n) is 3.04. The van der Waals surface area contributed by atoms with Gasteiger partial charge in [0.05, 0.1) is 0 Å². The van der Waals surface area contributed by atoms with Gasteiger partial charge in [0, 0.05) is 12.8 Å². The number of nitrogens with one attached hydrogen (secondary N) is 1. The van der Waals surface area contributed by atoms with Crippen LogP contribution in [0.25, 0.3) is 0 Å². The number of amides is 1. The maximum absolute atomic E-state index is 10.4. The second kappa shape index (κ2) is 4.43. The molecule has 0 aromatic carbocycles. The molecule has 0 heterocycles. The summed E-state index contributed by atoms with van der Waals surface area (Å²) in [5.41, 5.74) is 6.43. The fourth-order valence-corrected chi connectivity index (χ4v) is 0.516. The van der Waals surface area contributed by atoms with Crippen molar-refractivity contribution in [2.75, 3.05) is 0 Å². The Bertz CT molecular complexity index is 187. The molecule has 0 rings (SSSR count). The largest absolute Gasteiger partial charge is 0.476 e. The van der Waals surface area contributed by atoms with Crippen molar-refractivity contribution >= 4 is 17.7 Å². The molecule has 0 aromatic heterocycles. The average molecular weight is 158 g/mol. The first-order valence-corrected chi connectivity index (χ1v) is 3.04. The van der Waals surface area contributed by atoms with Crippen molar-refractivity contribution < 1.29 is 19.5 Å². The second-order valence-corrected chi connectivity index (χ2v) is 2.01. The third kappa shape index (κ3) is 5.07. The van der Waals surface area contributed by atoms with Crippen LogP contribution in [0.3, 0.4) is 0 Å². The summed E-state index contributed by atoms with van der Waals surface area (Å²) in [5.74, 6) is -3.17. The highest BCUT2D eigenvalue weighted by Crippen LogP contribution is 1.95. The number of carbonyl (C=O) groups excluding carboxylic acids is 2. The van der Waals surface area contributed by atoms with E-state index in [1.165, 1.54) is 0 Å². The Hall–Kier alpha value is -1.39.